The van der Waals surface area contributed by atoms with Crippen molar-refractivity contribution in [3.05, 3.63) is 30.1 Å². The molecule has 1 fully saturated rings. The van der Waals surface area contributed by atoms with Gasteiger partial charge in [-0.25, -0.2) is 8.78 Å². The SMILES string of the molecule is CCCNC(Cc1cccnc1)C1CCC(F)(F)CC1. The Hall–Kier alpha value is -1.03. The van der Waals surface area contributed by atoms with Crippen LogP contribution in [-0.4, -0.2) is 23.5 Å². The largest absolute Gasteiger partial charge is 0.313 e. The van der Waals surface area contributed by atoms with E-state index in [4.69, 9.17) is 0 Å². The molecule has 2 nitrogen and oxygen atoms in total. The first-order valence-corrected chi connectivity index (χ1v) is 7.61. The number of halogens is 2. The highest BCUT2D eigenvalue weighted by Gasteiger charge is 2.37. The van der Waals surface area contributed by atoms with Crippen LogP contribution in [-0.2, 0) is 6.42 Å². The van der Waals surface area contributed by atoms with Gasteiger partial charge in [0, 0.05) is 31.3 Å². The number of nitrogens with one attached hydrogen (secondary N) is 1. The lowest BCUT2D eigenvalue weighted by molar-refractivity contribution is -0.0495. The highest BCUT2D eigenvalue weighted by molar-refractivity contribution is 5.11. The van der Waals surface area contributed by atoms with Crippen LogP contribution in [0.15, 0.2) is 24.5 Å². The standard InChI is InChI=1S/C16H24F2N2/c1-2-9-20-15(11-13-4-3-10-19-12-13)14-5-7-16(17,18)8-6-14/h3-4,10,12,14-15,20H,2,5-9,11H2,1H3. The lowest BCUT2D eigenvalue weighted by Gasteiger charge is -2.34. The normalized spacial score (nSPS) is 20.8. The zero-order valence-corrected chi connectivity index (χ0v) is 12.1. The van der Waals surface area contributed by atoms with E-state index in [1.807, 2.05) is 12.3 Å². The Morgan fingerprint density at radius 2 is 2.15 bits per heavy atom. The smallest absolute Gasteiger partial charge is 0.248 e. The van der Waals surface area contributed by atoms with Crippen LogP contribution in [0.1, 0.15) is 44.6 Å². The second-order valence-corrected chi connectivity index (χ2v) is 5.82. The van der Waals surface area contributed by atoms with E-state index in [0.717, 1.165) is 19.4 Å². The van der Waals surface area contributed by atoms with Crippen LogP contribution in [0.2, 0.25) is 0 Å². The van der Waals surface area contributed by atoms with Crippen molar-refractivity contribution in [2.24, 2.45) is 5.92 Å². The molecule has 20 heavy (non-hydrogen) atoms. The molecule has 0 spiro atoms. The number of nitrogens with zero attached hydrogens (tertiary/aromatic N) is 1. The zero-order chi connectivity index (χ0) is 14.4. The minimum absolute atomic E-state index is 0.0367. The summed E-state index contributed by atoms with van der Waals surface area (Å²) in [7, 11) is 0. The Labute approximate surface area is 120 Å². The van der Waals surface area contributed by atoms with E-state index < -0.39 is 5.92 Å². The van der Waals surface area contributed by atoms with Gasteiger partial charge in [0.15, 0.2) is 0 Å². The van der Waals surface area contributed by atoms with Crippen molar-refractivity contribution in [3.8, 4) is 0 Å². The lowest BCUT2D eigenvalue weighted by atomic mass is 9.80. The van der Waals surface area contributed by atoms with Crippen LogP contribution in [0.3, 0.4) is 0 Å². The molecule has 0 radical (unpaired) electrons. The molecule has 112 valence electrons. The second kappa shape index (κ2) is 7.11. The van der Waals surface area contributed by atoms with E-state index in [0.29, 0.717) is 18.8 Å². The first-order chi connectivity index (χ1) is 9.61. The van der Waals surface area contributed by atoms with Crippen molar-refractivity contribution in [2.45, 2.75) is 57.4 Å². The van der Waals surface area contributed by atoms with Gasteiger partial charge in [0.1, 0.15) is 0 Å². The summed E-state index contributed by atoms with van der Waals surface area (Å²) in [6.07, 6.45) is 6.89. The quantitative estimate of drug-likeness (QED) is 0.858. The van der Waals surface area contributed by atoms with Crippen molar-refractivity contribution in [2.75, 3.05) is 6.54 Å². The molecule has 1 unspecified atom stereocenters. The van der Waals surface area contributed by atoms with Gasteiger partial charge in [-0.2, -0.15) is 0 Å². The average Bonchev–Trinajstić information content (AvgIpc) is 2.45. The zero-order valence-electron chi connectivity index (χ0n) is 12.1. The fourth-order valence-electron chi connectivity index (χ4n) is 2.97. The summed E-state index contributed by atoms with van der Waals surface area (Å²) in [5.41, 5.74) is 1.18. The number of rotatable bonds is 6. The molecule has 1 aromatic rings. The van der Waals surface area contributed by atoms with E-state index in [1.165, 1.54) is 5.56 Å². The van der Waals surface area contributed by atoms with Gasteiger partial charge in [0.05, 0.1) is 0 Å². The van der Waals surface area contributed by atoms with Gasteiger partial charge in [0.2, 0.25) is 5.92 Å². The molecule has 4 heteroatoms. The summed E-state index contributed by atoms with van der Waals surface area (Å²) in [5.74, 6) is -2.10. The third-order valence-electron chi connectivity index (χ3n) is 4.17. The van der Waals surface area contributed by atoms with Crippen molar-refractivity contribution < 1.29 is 8.78 Å². The van der Waals surface area contributed by atoms with Gasteiger partial charge < -0.3 is 5.32 Å². The minimum atomic E-state index is -2.44. The predicted molar refractivity (Wildman–Crippen MR) is 76.9 cm³/mol. The number of hydrogen-bond donors (Lipinski definition) is 1. The maximum Gasteiger partial charge on any atom is 0.248 e. The Balaban J connectivity index is 1.96. The molecular formula is C16H24F2N2. The Morgan fingerprint density at radius 1 is 1.40 bits per heavy atom. The predicted octanol–water partition coefficient (Wildman–Crippen LogP) is 3.82. The molecule has 1 atom stereocenters. The minimum Gasteiger partial charge on any atom is -0.313 e. The van der Waals surface area contributed by atoms with Gasteiger partial charge in [-0.15, -0.1) is 0 Å². The van der Waals surface area contributed by atoms with Gasteiger partial charge >= 0.3 is 0 Å². The molecule has 1 saturated carbocycles. The molecule has 1 aliphatic rings. The monoisotopic (exact) mass is 282 g/mol. The molecule has 0 amide bonds. The molecule has 1 heterocycles. The van der Waals surface area contributed by atoms with Crippen molar-refractivity contribution in [3.63, 3.8) is 0 Å². The topological polar surface area (TPSA) is 24.9 Å². The van der Waals surface area contributed by atoms with Gasteiger partial charge in [-0.3, -0.25) is 4.98 Å². The molecule has 0 bridgehead atoms. The summed E-state index contributed by atoms with van der Waals surface area (Å²) in [5, 5.41) is 3.54. The van der Waals surface area contributed by atoms with Gasteiger partial charge in [-0.05, 0) is 49.8 Å². The number of aromatic nitrogens is 1. The number of pyridine rings is 1. The Bertz CT molecular complexity index is 385. The summed E-state index contributed by atoms with van der Waals surface area (Å²) < 4.78 is 26.6. The summed E-state index contributed by atoms with van der Waals surface area (Å²) in [6, 6.07) is 4.28. The molecular weight excluding hydrogens is 258 g/mol. The number of alkyl halides is 2. The molecule has 0 saturated heterocycles. The Morgan fingerprint density at radius 3 is 2.75 bits per heavy atom. The van der Waals surface area contributed by atoms with Crippen LogP contribution < -0.4 is 5.32 Å². The van der Waals surface area contributed by atoms with E-state index in [2.05, 4.69) is 23.3 Å². The molecule has 0 aromatic carbocycles. The van der Waals surface area contributed by atoms with Crippen LogP contribution >= 0.6 is 0 Å². The summed E-state index contributed by atoms with van der Waals surface area (Å²) in [4.78, 5) is 4.14. The van der Waals surface area contributed by atoms with E-state index in [9.17, 15) is 8.78 Å². The molecule has 2 rings (SSSR count). The van der Waals surface area contributed by atoms with Gasteiger partial charge in [0.25, 0.3) is 0 Å². The number of hydrogen-bond acceptors (Lipinski definition) is 2. The average molecular weight is 282 g/mol. The van der Waals surface area contributed by atoms with Crippen molar-refractivity contribution in [1.29, 1.82) is 0 Å². The third-order valence-corrected chi connectivity index (χ3v) is 4.17. The Kier molecular flexibility index (Phi) is 5.46. The lowest BCUT2D eigenvalue weighted by Crippen LogP contribution is -2.41. The summed E-state index contributed by atoms with van der Waals surface area (Å²) in [6.45, 7) is 3.07. The van der Waals surface area contributed by atoms with E-state index in [-0.39, 0.29) is 18.9 Å². The third kappa shape index (κ3) is 4.51. The summed E-state index contributed by atoms with van der Waals surface area (Å²) >= 11 is 0. The molecule has 1 aliphatic carbocycles. The highest BCUT2D eigenvalue weighted by Crippen LogP contribution is 2.38. The fraction of sp³-hybridized carbons (Fsp3) is 0.688. The van der Waals surface area contributed by atoms with E-state index in [1.54, 1.807) is 6.20 Å². The van der Waals surface area contributed by atoms with E-state index >= 15 is 0 Å². The van der Waals surface area contributed by atoms with Crippen LogP contribution in [0.5, 0.6) is 0 Å². The maximum atomic E-state index is 13.3. The molecule has 0 aliphatic heterocycles. The molecule has 1 aromatic heterocycles. The molecule has 1 N–H and O–H groups in total. The highest BCUT2D eigenvalue weighted by atomic mass is 19.3. The van der Waals surface area contributed by atoms with Crippen LogP contribution in [0.25, 0.3) is 0 Å². The fourth-order valence-corrected chi connectivity index (χ4v) is 2.97. The van der Waals surface area contributed by atoms with Gasteiger partial charge in [-0.1, -0.05) is 13.0 Å². The van der Waals surface area contributed by atoms with Crippen molar-refractivity contribution >= 4 is 0 Å². The van der Waals surface area contributed by atoms with Crippen molar-refractivity contribution in [1.82, 2.24) is 10.3 Å². The second-order valence-electron chi connectivity index (χ2n) is 5.82. The first kappa shape index (κ1) is 15.4. The van der Waals surface area contributed by atoms with Crippen LogP contribution in [0, 0.1) is 5.92 Å². The van der Waals surface area contributed by atoms with Crippen LogP contribution in [0.4, 0.5) is 8.78 Å². The maximum absolute atomic E-state index is 13.3. The first-order valence-electron chi connectivity index (χ1n) is 7.61.